The Morgan fingerprint density at radius 3 is 1.54 bits per heavy atom. The van der Waals surface area contributed by atoms with Gasteiger partial charge in [0.05, 0.1) is 6.61 Å². The van der Waals surface area contributed by atoms with E-state index in [9.17, 15) is 37.9 Å². The average molecular weight is 857 g/mol. The summed E-state index contributed by atoms with van der Waals surface area (Å²) in [5, 5.41) is 30.9. The Bertz CT molecular complexity index is 1280. The molecule has 342 valence electrons. The van der Waals surface area contributed by atoms with Gasteiger partial charge in [0, 0.05) is 12.8 Å². The molecule has 13 heteroatoms. The molecule has 0 aromatic rings. The van der Waals surface area contributed by atoms with Crippen LogP contribution in [0, 0.1) is 0 Å². The lowest BCUT2D eigenvalue weighted by molar-refractivity contribution is -0.297. The summed E-state index contributed by atoms with van der Waals surface area (Å²) in [4.78, 5) is 25.4. The second kappa shape index (κ2) is 36.3. The SMILES string of the molecule is CCCCC/C=C/C/C=C/C/C=C/C/C=C/CCCCCC(=O)O[C@H](COC(=O)CCCCCCCCCCCCCC)CO[C@H]1O[C@H](CS(=O)(=O)O)[C@@H](O)C(O)C1O. The first kappa shape index (κ1) is 54.6. The summed E-state index contributed by atoms with van der Waals surface area (Å²) in [6, 6.07) is 0. The molecule has 1 aliphatic heterocycles. The van der Waals surface area contributed by atoms with Gasteiger partial charge in [-0.05, 0) is 57.8 Å². The minimum atomic E-state index is -4.61. The van der Waals surface area contributed by atoms with E-state index in [1.165, 1.54) is 70.6 Å². The van der Waals surface area contributed by atoms with Crippen molar-refractivity contribution in [2.24, 2.45) is 0 Å². The second-order valence-electron chi connectivity index (χ2n) is 15.7. The van der Waals surface area contributed by atoms with E-state index in [0.717, 1.165) is 64.2 Å². The molecule has 12 nitrogen and oxygen atoms in total. The van der Waals surface area contributed by atoms with Gasteiger partial charge in [0.25, 0.3) is 10.1 Å². The number of aliphatic hydroxyl groups is 3. The van der Waals surface area contributed by atoms with Crippen LogP contribution in [-0.2, 0) is 38.7 Å². The molecule has 4 N–H and O–H groups in total. The van der Waals surface area contributed by atoms with Crippen molar-refractivity contribution in [2.75, 3.05) is 19.0 Å². The number of rotatable bonds is 37. The van der Waals surface area contributed by atoms with Gasteiger partial charge in [-0.3, -0.25) is 14.1 Å². The first-order chi connectivity index (χ1) is 28.5. The zero-order chi connectivity index (χ0) is 43.4. The molecule has 59 heavy (non-hydrogen) atoms. The molecule has 0 aromatic carbocycles. The highest BCUT2D eigenvalue weighted by Gasteiger charge is 2.46. The van der Waals surface area contributed by atoms with E-state index in [1.807, 2.05) is 0 Å². The molecular weight excluding hydrogens is 777 g/mol. The minimum absolute atomic E-state index is 0.127. The number of allylic oxidation sites excluding steroid dienone is 8. The summed E-state index contributed by atoms with van der Waals surface area (Å²) < 4.78 is 54.0. The molecule has 1 rings (SSSR count). The summed E-state index contributed by atoms with van der Waals surface area (Å²) in [5.41, 5.74) is 0. The van der Waals surface area contributed by atoms with Crippen molar-refractivity contribution in [1.82, 2.24) is 0 Å². The number of hydrogen-bond donors (Lipinski definition) is 4. The molecule has 0 aromatic heterocycles. The largest absolute Gasteiger partial charge is 0.462 e. The molecule has 1 aliphatic rings. The maximum absolute atomic E-state index is 12.8. The Hall–Kier alpha value is -2.39. The fraction of sp³-hybridized carbons (Fsp3) is 0.783. The molecular formula is C46H80O12S. The average Bonchev–Trinajstić information content (AvgIpc) is 3.20. The van der Waals surface area contributed by atoms with E-state index < -0.39 is 71.2 Å². The Balaban J connectivity index is 2.47. The fourth-order valence-electron chi connectivity index (χ4n) is 6.60. The Morgan fingerprint density at radius 2 is 1.02 bits per heavy atom. The van der Waals surface area contributed by atoms with Crippen molar-refractivity contribution >= 4 is 22.1 Å². The van der Waals surface area contributed by atoms with Crippen LogP contribution in [0.25, 0.3) is 0 Å². The van der Waals surface area contributed by atoms with E-state index in [4.69, 9.17) is 18.9 Å². The van der Waals surface area contributed by atoms with Crippen molar-refractivity contribution in [2.45, 2.75) is 211 Å². The summed E-state index contributed by atoms with van der Waals surface area (Å²) >= 11 is 0. The molecule has 0 bridgehead atoms. The maximum atomic E-state index is 12.8. The number of carbonyl (C=O) groups excluding carboxylic acids is 2. The van der Waals surface area contributed by atoms with Crippen LogP contribution in [0.5, 0.6) is 0 Å². The Kier molecular flexibility index (Phi) is 33.6. The van der Waals surface area contributed by atoms with Crippen molar-refractivity contribution in [3.05, 3.63) is 48.6 Å². The predicted octanol–water partition coefficient (Wildman–Crippen LogP) is 9.17. The molecule has 0 spiro atoms. The topological polar surface area (TPSA) is 186 Å². The standard InChI is InChI=1S/C46H80O12S/c1-3-5-7-9-11-13-15-17-18-19-20-21-22-23-25-27-29-31-33-35-42(48)57-39(37-56-46-45(51)44(50)43(49)40(58-46)38-59(52,53)54)36-55-41(47)34-32-30-28-26-24-16-14-12-10-8-6-4-2/h11,13,17-18,20-21,23,25,39-40,43-46,49-51H,3-10,12,14-16,19,22,24,26-38H2,1-2H3,(H,52,53,54)/b13-11+,18-17+,21-20+,25-23+/t39-,40-,43-,44?,45?,46+/m1/s1. The van der Waals surface area contributed by atoms with Crippen LogP contribution in [0.3, 0.4) is 0 Å². The van der Waals surface area contributed by atoms with E-state index in [0.29, 0.717) is 12.8 Å². The summed E-state index contributed by atoms with van der Waals surface area (Å²) in [7, 11) is -4.61. The quantitative estimate of drug-likeness (QED) is 0.0201. The third-order valence-corrected chi connectivity index (χ3v) is 10.9. The predicted molar refractivity (Wildman–Crippen MR) is 233 cm³/mol. The van der Waals surface area contributed by atoms with Crippen molar-refractivity contribution in [1.29, 1.82) is 0 Å². The first-order valence-corrected chi connectivity index (χ1v) is 24.3. The lowest BCUT2D eigenvalue weighted by Crippen LogP contribution is -2.60. The third kappa shape index (κ3) is 31.2. The Labute approximate surface area is 356 Å². The highest BCUT2D eigenvalue weighted by atomic mass is 32.2. The highest BCUT2D eigenvalue weighted by molar-refractivity contribution is 7.85. The normalized spacial score (nSPS) is 20.7. The monoisotopic (exact) mass is 857 g/mol. The van der Waals surface area contributed by atoms with Gasteiger partial charge in [-0.15, -0.1) is 0 Å². The van der Waals surface area contributed by atoms with Gasteiger partial charge in [0.2, 0.25) is 0 Å². The number of esters is 2. The molecule has 0 radical (unpaired) electrons. The van der Waals surface area contributed by atoms with Crippen LogP contribution in [0.15, 0.2) is 48.6 Å². The molecule has 1 heterocycles. The number of ether oxygens (including phenoxy) is 4. The number of hydrogen-bond acceptors (Lipinski definition) is 11. The van der Waals surface area contributed by atoms with Crippen LogP contribution in [0.2, 0.25) is 0 Å². The fourth-order valence-corrected chi connectivity index (χ4v) is 7.29. The van der Waals surface area contributed by atoms with Crippen molar-refractivity contribution in [3.8, 4) is 0 Å². The van der Waals surface area contributed by atoms with Crippen molar-refractivity contribution in [3.63, 3.8) is 0 Å². The van der Waals surface area contributed by atoms with Crippen LogP contribution < -0.4 is 0 Å². The molecule has 0 amide bonds. The van der Waals surface area contributed by atoms with Gasteiger partial charge in [-0.25, -0.2) is 0 Å². The lowest BCUT2D eigenvalue weighted by Gasteiger charge is -2.40. The van der Waals surface area contributed by atoms with E-state index >= 15 is 0 Å². The van der Waals surface area contributed by atoms with Crippen molar-refractivity contribution < 1.29 is 56.8 Å². The summed E-state index contributed by atoms with van der Waals surface area (Å²) in [6.07, 6.45) is 33.0. The van der Waals surface area contributed by atoms with Gasteiger partial charge in [0.1, 0.15) is 36.8 Å². The first-order valence-electron chi connectivity index (χ1n) is 22.7. The summed E-state index contributed by atoms with van der Waals surface area (Å²) in [6.45, 7) is 3.69. The van der Waals surface area contributed by atoms with E-state index in [2.05, 4.69) is 62.5 Å². The van der Waals surface area contributed by atoms with E-state index in [1.54, 1.807) is 0 Å². The van der Waals surface area contributed by atoms with Crippen LogP contribution in [-0.4, -0.2) is 96.0 Å². The highest BCUT2D eigenvalue weighted by Crippen LogP contribution is 2.24. The third-order valence-electron chi connectivity index (χ3n) is 10.2. The zero-order valence-electron chi connectivity index (χ0n) is 36.3. The van der Waals surface area contributed by atoms with Crippen LogP contribution in [0.4, 0.5) is 0 Å². The van der Waals surface area contributed by atoms with Gasteiger partial charge < -0.3 is 34.3 Å². The Morgan fingerprint density at radius 1 is 0.576 bits per heavy atom. The minimum Gasteiger partial charge on any atom is -0.462 e. The number of unbranched alkanes of at least 4 members (excludes halogenated alkanes) is 17. The second-order valence-corrected chi connectivity index (χ2v) is 17.2. The maximum Gasteiger partial charge on any atom is 0.306 e. The molecule has 0 aliphatic carbocycles. The van der Waals surface area contributed by atoms with Crippen LogP contribution >= 0.6 is 0 Å². The lowest BCUT2D eigenvalue weighted by atomic mass is 10.00. The number of aliphatic hydroxyl groups excluding tert-OH is 3. The summed E-state index contributed by atoms with van der Waals surface area (Å²) in [5.74, 6) is -2.02. The molecule has 2 unspecified atom stereocenters. The molecule has 6 atom stereocenters. The van der Waals surface area contributed by atoms with Gasteiger partial charge >= 0.3 is 11.9 Å². The van der Waals surface area contributed by atoms with Gasteiger partial charge in [-0.1, -0.05) is 152 Å². The molecule has 0 saturated carbocycles. The smallest absolute Gasteiger partial charge is 0.306 e. The van der Waals surface area contributed by atoms with Crippen LogP contribution in [0.1, 0.15) is 174 Å². The zero-order valence-corrected chi connectivity index (χ0v) is 37.2. The van der Waals surface area contributed by atoms with Gasteiger partial charge in [0.15, 0.2) is 12.4 Å². The molecule has 1 saturated heterocycles. The van der Waals surface area contributed by atoms with Gasteiger partial charge in [-0.2, -0.15) is 8.42 Å². The number of carbonyl (C=O) groups is 2. The van der Waals surface area contributed by atoms with E-state index in [-0.39, 0.29) is 19.4 Å². The molecule has 1 fully saturated rings.